The zero-order valence-electron chi connectivity index (χ0n) is 18.8. The number of aryl methyl sites for hydroxylation is 1. The van der Waals surface area contributed by atoms with Crippen LogP contribution in [0, 0.1) is 6.92 Å². The Kier molecular flexibility index (Phi) is 6.72. The minimum Gasteiger partial charge on any atom is -0.464 e. The number of esters is 2. The maximum atomic E-state index is 13.6. The molecule has 0 spiro atoms. The average Bonchev–Trinajstić information content (AvgIpc) is 3.51. The number of likely N-dealkylation sites (tertiary alicyclic amines) is 1. The van der Waals surface area contributed by atoms with Gasteiger partial charge in [-0.2, -0.15) is 5.10 Å². The van der Waals surface area contributed by atoms with Crippen LogP contribution in [0.5, 0.6) is 0 Å². The highest BCUT2D eigenvalue weighted by Gasteiger charge is 2.43. The Hall–Kier alpha value is -3.68. The summed E-state index contributed by atoms with van der Waals surface area (Å²) >= 11 is 0. The van der Waals surface area contributed by atoms with E-state index in [1.54, 1.807) is 9.91 Å². The fourth-order valence-corrected chi connectivity index (χ4v) is 4.17. The molecule has 0 radical (unpaired) electrons. The highest BCUT2D eigenvalue weighted by molar-refractivity contribution is 6.38. The molecule has 2 aliphatic rings. The molecule has 0 aliphatic carbocycles. The number of rotatable bonds is 6. The van der Waals surface area contributed by atoms with E-state index in [2.05, 4.69) is 5.10 Å². The second kappa shape index (κ2) is 9.85. The summed E-state index contributed by atoms with van der Waals surface area (Å²) in [6, 6.07) is 15.6. The van der Waals surface area contributed by atoms with Crippen LogP contribution >= 0.6 is 0 Å². The van der Waals surface area contributed by atoms with Crippen molar-refractivity contribution in [3.63, 3.8) is 0 Å². The van der Waals surface area contributed by atoms with E-state index in [1.165, 1.54) is 7.11 Å². The average molecular weight is 450 g/mol. The molecule has 2 heterocycles. The predicted molar refractivity (Wildman–Crippen MR) is 122 cm³/mol. The minimum atomic E-state index is -0.732. The Morgan fingerprint density at radius 1 is 1.03 bits per heavy atom. The van der Waals surface area contributed by atoms with Crippen molar-refractivity contribution >= 4 is 29.2 Å². The van der Waals surface area contributed by atoms with Gasteiger partial charge in [-0.3, -0.25) is 9.80 Å². The number of hydrogen-bond acceptors (Lipinski definition) is 7. The van der Waals surface area contributed by atoms with Gasteiger partial charge in [0.1, 0.15) is 24.4 Å². The summed E-state index contributed by atoms with van der Waals surface area (Å²) < 4.78 is 10.3. The molecule has 1 amide bonds. The SMILES string of the molecule is COC(=O)C1=NN(c2ccc(C)cc2)[C@H](C(=O)N2CCC[C@H]2C(=O)OCc2ccccc2)C1. The fourth-order valence-electron chi connectivity index (χ4n) is 4.17. The zero-order valence-corrected chi connectivity index (χ0v) is 18.8. The van der Waals surface area contributed by atoms with Crippen LogP contribution in [-0.4, -0.2) is 54.2 Å². The van der Waals surface area contributed by atoms with E-state index in [4.69, 9.17) is 9.47 Å². The smallest absolute Gasteiger partial charge is 0.354 e. The molecule has 2 aromatic rings. The van der Waals surface area contributed by atoms with E-state index < -0.39 is 24.0 Å². The van der Waals surface area contributed by atoms with E-state index >= 15 is 0 Å². The van der Waals surface area contributed by atoms with Gasteiger partial charge in [0, 0.05) is 13.0 Å². The van der Waals surface area contributed by atoms with Crippen molar-refractivity contribution in [2.24, 2.45) is 5.10 Å². The number of hydrogen-bond donors (Lipinski definition) is 0. The molecule has 172 valence electrons. The van der Waals surface area contributed by atoms with Crippen molar-refractivity contribution < 1.29 is 23.9 Å². The molecule has 0 saturated carbocycles. The molecule has 1 saturated heterocycles. The summed E-state index contributed by atoms with van der Waals surface area (Å²) in [4.78, 5) is 40.1. The van der Waals surface area contributed by atoms with Crippen LogP contribution in [0.4, 0.5) is 5.69 Å². The van der Waals surface area contributed by atoms with Crippen molar-refractivity contribution in [3.05, 3.63) is 65.7 Å². The van der Waals surface area contributed by atoms with Gasteiger partial charge >= 0.3 is 11.9 Å². The number of benzene rings is 2. The third-order valence-corrected chi connectivity index (χ3v) is 5.95. The molecule has 0 N–H and O–H groups in total. The monoisotopic (exact) mass is 449 g/mol. The van der Waals surface area contributed by atoms with Gasteiger partial charge in [-0.05, 0) is 37.5 Å². The number of amides is 1. The van der Waals surface area contributed by atoms with E-state index in [0.29, 0.717) is 25.1 Å². The summed E-state index contributed by atoms with van der Waals surface area (Å²) in [7, 11) is 1.29. The first-order valence-electron chi connectivity index (χ1n) is 11.0. The molecule has 8 heteroatoms. The second-order valence-corrected chi connectivity index (χ2v) is 8.22. The first-order chi connectivity index (χ1) is 16.0. The number of ether oxygens (including phenoxy) is 2. The number of nitrogens with zero attached hydrogens (tertiary/aromatic N) is 3. The summed E-state index contributed by atoms with van der Waals surface area (Å²) in [6.07, 6.45) is 1.36. The van der Waals surface area contributed by atoms with Crippen LogP contribution in [0.2, 0.25) is 0 Å². The number of anilines is 1. The van der Waals surface area contributed by atoms with Gasteiger partial charge < -0.3 is 14.4 Å². The van der Waals surface area contributed by atoms with E-state index in [9.17, 15) is 14.4 Å². The quantitative estimate of drug-likeness (QED) is 0.630. The lowest BCUT2D eigenvalue weighted by Crippen LogP contribution is -2.49. The molecule has 0 bridgehead atoms. The van der Waals surface area contributed by atoms with Gasteiger partial charge in [-0.1, -0.05) is 48.0 Å². The van der Waals surface area contributed by atoms with Crippen LogP contribution < -0.4 is 5.01 Å². The van der Waals surface area contributed by atoms with Crippen molar-refractivity contribution in [3.8, 4) is 0 Å². The van der Waals surface area contributed by atoms with Crippen molar-refractivity contribution in [2.75, 3.05) is 18.7 Å². The van der Waals surface area contributed by atoms with Crippen LogP contribution in [0.15, 0.2) is 59.7 Å². The van der Waals surface area contributed by atoms with Gasteiger partial charge in [0.15, 0.2) is 0 Å². The predicted octanol–water partition coefficient (Wildman–Crippen LogP) is 2.84. The number of carbonyl (C=O) groups is 3. The van der Waals surface area contributed by atoms with E-state index in [0.717, 1.165) is 11.1 Å². The Labute approximate surface area is 192 Å². The number of carbonyl (C=O) groups excluding carboxylic acids is 3. The van der Waals surface area contributed by atoms with Gasteiger partial charge in [-0.25, -0.2) is 9.59 Å². The van der Waals surface area contributed by atoms with Gasteiger partial charge in [-0.15, -0.1) is 0 Å². The second-order valence-electron chi connectivity index (χ2n) is 8.22. The molecular formula is C25H27N3O5. The number of methoxy groups -OCH3 is 1. The molecule has 1 fully saturated rings. The molecular weight excluding hydrogens is 422 g/mol. The van der Waals surface area contributed by atoms with E-state index in [1.807, 2.05) is 61.5 Å². The third kappa shape index (κ3) is 4.89. The van der Waals surface area contributed by atoms with Gasteiger partial charge in [0.25, 0.3) is 0 Å². The van der Waals surface area contributed by atoms with Gasteiger partial charge in [0.2, 0.25) is 5.91 Å². The van der Waals surface area contributed by atoms with E-state index in [-0.39, 0.29) is 24.6 Å². The third-order valence-electron chi connectivity index (χ3n) is 5.95. The Morgan fingerprint density at radius 2 is 1.76 bits per heavy atom. The first kappa shape index (κ1) is 22.5. The van der Waals surface area contributed by atoms with Crippen LogP contribution in [-0.2, 0) is 30.5 Å². The lowest BCUT2D eigenvalue weighted by Gasteiger charge is -2.30. The number of hydrazone groups is 1. The topological polar surface area (TPSA) is 88.5 Å². The summed E-state index contributed by atoms with van der Waals surface area (Å²) in [5.41, 5.74) is 2.83. The Bertz CT molecular complexity index is 1050. The lowest BCUT2D eigenvalue weighted by molar-refractivity contribution is -0.154. The lowest BCUT2D eigenvalue weighted by atomic mass is 10.1. The first-order valence-corrected chi connectivity index (χ1v) is 11.0. The van der Waals surface area contributed by atoms with Crippen LogP contribution in [0.1, 0.15) is 30.4 Å². The summed E-state index contributed by atoms with van der Waals surface area (Å²) in [5.74, 6) is -1.24. The highest BCUT2D eigenvalue weighted by Crippen LogP contribution is 2.29. The summed E-state index contributed by atoms with van der Waals surface area (Å²) in [6.45, 7) is 2.58. The molecule has 4 rings (SSSR count). The molecule has 0 unspecified atom stereocenters. The molecule has 2 aromatic carbocycles. The van der Waals surface area contributed by atoms with Crippen LogP contribution in [0.3, 0.4) is 0 Å². The molecule has 2 atom stereocenters. The zero-order chi connectivity index (χ0) is 23.4. The van der Waals surface area contributed by atoms with Crippen LogP contribution in [0.25, 0.3) is 0 Å². The highest BCUT2D eigenvalue weighted by atomic mass is 16.5. The molecule has 33 heavy (non-hydrogen) atoms. The standard InChI is InChI=1S/C25H27N3O5/c1-17-10-12-19(13-11-17)28-22(15-20(26-28)24(30)32-2)23(29)27-14-6-9-21(27)25(31)33-16-18-7-4-3-5-8-18/h3-5,7-8,10-13,21-22H,6,9,14-16H2,1-2H3/t21-,22-/m0/s1. The largest absolute Gasteiger partial charge is 0.464 e. The van der Waals surface area contributed by atoms with Gasteiger partial charge in [0.05, 0.1) is 12.8 Å². The maximum absolute atomic E-state index is 13.6. The fraction of sp³-hybridized carbons (Fsp3) is 0.360. The Morgan fingerprint density at radius 3 is 2.45 bits per heavy atom. The minimum absolute atomic E-state index is 0.113. The van der Waals surface area contributed by atoms with Crippen molar-refractivity contribution in [1.29, 1.82) is 0 Å². The normalized spacial score (nSPS) is 19.9. The Balaban J connectivity index is 1.51. The molecule has 2 aliphatic heterocycles. The molecule has 0 aromatic heterocycles. The summed E-state index contributed by atoms with van der Waals surface area (Å²) in [5, 5.41) is 5.94. The van der Waals surface area contributed by atoms with Crippen molar-refractivity contribution in [2.45, 2.75) is 44.9 Å². The van der Waals surface area contributed by atoms with Crippen molar-refractivity contribution in [1.82, 2.24) is 4.90 Å². The molecule has 8 nitrogen and oxygen atoms in total. The maximum Gasteiger partial charge on any atom is 0.354 e.